The molecule has 190 valence electrons. The zero-order valence-electron chi connectivity index (χ0n) is 21.0. The smallest absolute Gasteiger partial charge is 0.344 e. The Kier molecular flexibility index (Phi) is 6.98. The summed E-state index contributed by atoms with van der Waals surface area (Å²) < 4.78 is 15.4. The molecule has 0 N–H and O–H groups in total. The van der Waals surface area contributed by atoms with Gasteiger partial charge in [0.2, 0.25) is 0 Å². The Labute approximate surface area is 202 Å². The Morgan fingerprint density at radius 1 is 0.853 bits per heavy atom. The van der Waals surface area contributed by atoms with Crippen LogP contribution in [0.15, 0.2) is 0 Å². The van der Waals surface area contributed by atoms with Gasteiger partial charge in [-0.15, -0.1) is 0 Å². The number of likely N-dealkylation sites (tertiary alicyclic amines) is 1. The number of hydrogen-bond acceptors (Lipinski definition) is 7. The van der Waals surface area contributed by atoms with Crippen molar-refractivity contribution >= 4 is 23.8 Å². The lowest BCUT2D eigenvalue weighted by Gasteiger charge is -2.61. The summed E-state index contributed by atoms with van der Waals surface area (Å²) in [5, 5.41) is 0. The third-order valence-corrected chi connectivity index (χ3v) is 9.65. The van der Waals surface area contributed by atoms with Crippen LogP contribution in [0, 0.1) is 29.1 Å². The maximum absolute atomic E-state index is 12.8. The van der Waals surface area contributed by atoms with Crippen LogP contribution >= 0.6 is 0 Å². The number of hydrogen-bond donors (Lipinski definition) is 0. The van der Waals surface area contributed by atoms with E-state index < -0.39 is 17.9 Å². The molecule has 8 heteroatoms. The van der Waals surface area contributed by atoms with Gasteiger partial charge in [-0.25, -0.2) is 4.79 Å². The third kappa shape index (κ3) is 4.57. The van der Waals surface area contributed by atoms with Crippen molar-refractivity contribution in [3.05, 3.63) is 0 Å². The molecular weight excluding hydrogens is 438 g/mol. The number of carbonyl (C=O) groups excluding carboxylic acids is 4. The molecule has 34 heavy (non-hydrogen) atoms. The minimum atomic E-state index is -0.477. The van der Waals surface area contributed by atoms with Gasteiger partial charge in [0, 0.05) is 25.9 Å². The van der Waals surface area contributed by atoms with Gasteiger partial charge in [-0.1, -0.05) is 6.92 Å². The van der Waals surface area contributed by atoms with E-state index in [4.69, 9.17) is 14.2 Å². The minimum absolute atomic E-state index is 0.0744. The van der Waals surface area contributed by atoms with E-state index in [1.54, 1.807) is 0 Å². The van der Waals surface area contributed by atoms with Crippen molar-refractivity contribution in [2.24, 2.45) is 29.1 Å². The molecule has 0 aromatic carbocycles. The highest BCUT2D eigenvalue weighted by atomic mass is 16.6. The summed E-state index contributed by atoms with van der Waals surface area (Å²) in [6.07, 6.45) is 8.00. The zero-order valence-corrected chi connectivity index (χ0v) is 21.0. The summed E-state index contributed by atoms with van der Waals surface area (Å²) in [5.74, 6) is 0.766. The monoisotopic (exact) mass is 477 g/mol. The first-order valence-electron chi connectivity index (χ1n) is 12.8. The van der Waals surface area contributed by atoms with Gasteiger partial charge >= 0.3 is 17.9 Å². The predicted molar refractivity (Wildman–Crippen MR) is 122 cm³/mol. The quantitative estimate of drug-likeness (QED) is 0.443. The predicted octanol–water partition coefficient (Wildman–Crippen LogP) is 3.26. The van der Waals surface area contributed by atoms with E-state index >= 15 is 0 Å². The van der Waals surface area contributed by atoms with Crippen LogP contribution in [0.3, 0.4) is 0 Å². The van der Waals surface area contributed by atoms with E-state index in [0.29, 0.717) is 23.7 Å². The van der Waals surface area contributed by atoms with Crippen molar-refractivity contribution in [1.82, 2.24) is 4.90 Å². The van der Waals surface area contributed by atoms with Crippen LogP contribution in [-0.4, -0.2) is 60.1 Å². The fourth-order valence-corrected chi connectivity index (χ4v) is 8.04. The molecule has 8 nitrogen and oxygen atoms in total. The number of ether oxygens (including phenoxy) is 3. The standard InChI is InChI=1S/C26H39NO7/c1-16(28)32-14-23(30)27-12-9-22-20-6-5-18-13-19(34-24(31)15-33-17(2)29)7-10-25(18,3)21(20)8-11-26(22,27)4/h18-22H,5-15H2,1-4H3/t18-,19+,20+,21-,22-,25-,26-/m0/s1. The number of rotatable bonds is 5. The average Bonchev–Trinajstić information content (AvgIpc) is 3.13. The van der Waals surface area contributed by atoms with E-state index in [1.165, 1.54) is 13.8 Å². The third-order valence-electron chi connectivity index (χ3n) is 9.65. The molecule has 1 amide bonds. The molecule has 4 rings (SSSR count). The first kappa shape index (κ1) is 25.0. The highest BCUT2D eigenvalue weighted by Gasteiger charge is 2.60. The largest absolute Gasteiger partial charge is 0.460 e. The van der Waals surface area contributed by atoms with Crippen LogP contribution in [0.1, 0.15) is 79.1 Å². The van der Waals surface area contributed by atoms with Crippen LogP contribution in [0.4, 0.5) is 0 Å². The van der Waals surface area contributed by atoms with Crippen LogP contribution in [0.25, 0.3) is 0 Å². The molecule has 1 aliphatic heterocycles. The van der Waals surface area contributed by atoms with Crippen LogP contribution < -0.4 is 0 Å². The Hall–Kier alpha value is -2.12. The molecule has 0 aromatic rings. The van der Waals surface area contributed by atoms with E-state index in [2.05, 4.69) is 13.8 Å². The van der Waals surface area contributed by atoms with Crippen molar-refractivity contribution < 1.29 is 33.4 Å². The summed E-state index contributed by atoms with van der Waals surface area (Å²) in [6.45, 7) is 7.56. The van der Waals surface area contributed by atoms with E-state index in [9.17, 15) is 19.2 Å². The van der Waals surface area contributed by atoms with E-state index in [1.807, 2.05) is 4.90 Å². The Morgan fingerprint density at radius 3 is 2.26 bits per heavy atom. The number of esters is 3. The fraction of sp³-hybridized carbons (Fsp3) is 0.846. The zero-order chi connectivity index (χ0) is 24.7. The second kappa shape index (κ2) is 9.50. The minimum Gasteiger partial charge on any atom is -0.460 e. The highest BCUT2D eigenvalue weighted by Crippen LogP contribution is 2.64. The van der Waals surface area contributed by atoms with Crippen LogP contribution in [-0.2, 0) is 33.4 Å². The summed E-state index contributed by atoms with van der Waals surface area (Å²) in [4.78, 5) is 49.0. The van der Waals surface area contributed by atoms with Gasteiger partial charge in [0.25, 0.3) is 5.91 Å². The van der Waals surface area contributed by atoms with Crippen LogP contribution in [0.2, 0.25) is 0 Å². The molecule has 1 heterocycles. The number of carbonyl (C=O) groups is 4. The second-order valence-electron chi connectivity index (χ2n) is 11.3. The summed E-state index contributed by atoms with van der Waals surface area (Å²) in [7, 11) is 0. The fourth-order valence-electron chi connectivity index (χ4n) is 8.04. The van der Waals surface area contributed by atoms with E-state index in [-0.39, 0.29) is 36.2 Å². The van der Waals surface area contributed by atoms with Gasteiger partial charge in [-0.05, 0) is 87.4 Å². The van der Waals surface area contributed by atoms with E-state index in [0.717, 1.165) is 57.9 Å². The first-order valence-corrected chi connectivity index (χ1v) is 12.8. The van der Waals surface area contributed by atoms with Crippen molar-refractivity contribution in [2.45, 2.75) is 90.7 Å². The molecule has 0 aromatic heterocycles. The molecule has 0 unspecified atom stereocenters. The lowest BCUT2D eigenvalue weighted by atomic mass is 9.46. The van der Waals surface area contributed by atoms with Crippen molar-refractivity contribution in [1.29, 1.82) is 0 Å². The Balaban J connectivity index is 1.40. The maximum Gasteiger partial charge on any atom is 0.344 e. The SMILES string of the molecule is CC(=O)OCC(=O)O[C@@H]1CC[C@@]2(C)[C@@H](CC[C@@H]3[C@@H]2CC[C@@]2(C)[C@H]3CCN2C(=O)COC(C)=O)C1. The summed E-state index contributed by atoms with van der Waals surface area (Å²) >= 11 is 0. The maximum atomic E-state index is 12.8. The van der Waals surface area contributed by atoms with Gasteiger partial charge in [0.05, 0.1) is 0 Å². The van der Waals surface area contributed by atoms with Gasteiger partial charge < -0.3 is 19.1 Å². The molecule has 0 spiro atoms. The number of nitrogens with zero attached hydrogens (tertiary/aromatic N) is 1. The molecular formula is C26H39NO7. The Bertz CT molecular complexity index is 843. The first-order chi connectivity index (χ1) is 16.0. The molecule has 3 aliphatic carbocycles. The Morgan fingerprint density at radius 2 is 1.56 bits per heavy atom. The molecule has 7 atom stereocenters. The number of amides is 1. The highest BCUT2D eigenvalue weighted by molar-refractivity contribution is 5.81. The van der Waals surface area contributed by atoms with Crippen LogP contribution in [0.5, 0.6) is 0 Å². The lowest BCUT2D eigenvalue weighted by molar-refractivity contribution is -0.170. The summed E-state index contributed by atoms with van der Waals surface area (Å²) in [5.41, 5.74) is 0.0588. The lowest BCUT2D eigenvalue weighted by Crippen LogP contribution is -2.59. The van der Waals surface area contributed by atoms with Crippen molar-refractivity contribution in [3.63, 3.8) is 0 Å². The molecule has 3 saturated carbocycles. The molecule has 0 bridgehead atoms. The van der Waals surface area contributed by atoms with Gasteiger partial charge in [0.1, 0.15) is 6.10 Å². The topological polar surface area (TPSA) is 99.2 Å². The molecule has 0 radical (unpaired) electrons. The van der Waals surface area contributed by atoms with Gasteiger partial charge in [-0.2, -0.15) is 0 Å². The molecule has 4 aliphatic rings. The number of fused-ring (bicyclic) bond motifs is 5. The normalized spacial score (nSPS) is 38.7. The molecule has 1 saturated heterocycles. The average molecular weight is 478 g/mol. The van der Waals surface area contributed by atoms with Gasteiger partial charge in [-0.3, -0.25) is 14.4 Å². The summed E-state index contributed by atoms with van der Waals surface area (Å²) in [6, 6.07) is 0. The van der Waals surface area contributed by atoms with Crippen molar-refractivity contribution in [2.75, 3.05) is 19.8 Å². The van der Waals surface area contributed by atoms with Gasteiger partial charge in [0.15, 0.2) is 13.2 Å². The van der Waals surface area contributed by atoms with Crippen molar-refractivity contribution in [3.8, 4) is 0 Å². The second-order valence-corrected chi connectivity index (χ2v) is 11.3. The molecule has 4 fully saturated rings.